The quantitative estimate of drug-likeness (QED) is 0.619. The van der Waals surface area contributed by atoms with Crippen molar-refractivity contribution < 1.29 is 19.6 Å². The number of carbonyl (C=O) groups is 1. The number of carboxylic acid groups (broad SMARTS) is 1. The lowest BCUT2D eigenvalue weighted by molar-refractivity contribution is -0.385. The van der Waals surface area contributed by atoms with Crippen molar-refractivity contribution >= 4 is 33.3 Å². The number of nitrogens with zero attached hydrogens (tertiary/aromatic N) is 1. The van der Waals surface area contributed by atoms with Crippen LogP contribution < -0.4 is 5.32 Å². The molecule has 1 heterocycles. The predicted octanol–water partition coefficient (Wildman–Crippen LogP) is 2.71. The number of nitrogens with one attached hydrogen (secondary N) is 1. The molecule has 1 fully saturated rings. The first-order chi connectivity index (χ1) is 9.88. The van der Waals surface area contributed by atoms with Crippen LogP contribution in [0.25, 0.3) is 0 Å². The molecule has 2 rings (SSSR count). The van der Waals surface area contributed by atoms with Gasteiger partial charge in [0.15, 0.2) is 6.10 Å². The number of carboxylic acids is 1. The predicted molar refractivity (Wildman–Crippen MR) is 79.6 cm³/mol. The molecule has 0 radical (unpaired) electrons. The molecule has 7 nitrogen and oxygen atoms in total. The summed E-state index contributed by atoms with van der Waals surface area (Å²) >= 11 is 3.29. The number of hydrogen-bond donors (Lipinski definition) is 2. The number of nitro benzene ring substituents is 1. The first-order valence-electron chi connectivity index (χ1n) is 6.45. The molecule has 2 atom stereocenters. The maximum Gasteiger partial charge on any atom is 0.332 e. The summed E-state index contributed by atoms with van der Waals surface area (Å²) in [6.07, 6.45) is 0.266. The number of anilines is 1. The Morgan fingerprint density at radius 3 is 2.86 bits per heavy atom. The van der Waals surface area contributed by atoms with E-state index in [0.29, 0.717) is 29.4 Å². The van der Waals surface area contributed by atoms with Crippen LogP contribution in [0.5, 0.6) is 0 Å². The van der Waals surface area contributed by atoms with E-state index in [9.17, 15) is 14.9 Å². The molecule has 2 unspecified atom stereocenters. The number of aliphatic carboxylic acids is 1. The minimum atomic E-state index is -0.940. The van der Waals surface area contributed by atoms with Gasteiger partial charge < -0.3 is 15.2 Å². The van der Waals surface area contributed by atoms with Gasteiger partial charge in [-0.3, -0.25) is 10.1 Å². The zero-order valence-corrected chi connectivity index (χ0v) is 12.9. The van der Waals surface area contributed by atoms with Gasteiger partial charge in [-0.25, -0.2) is 4.79 Å². The van der Waals surface area contributed by atoms with Gasteiger partial charge in [0.2, 0.25) is 0 Å². The van der Waals surface area contributed by atoms with Crippen molar-refractivity contribution in [3.63, 3.8) is 0 Å². The Morgan fingerprint density at radius 1 is 1.57 bits per heavy atom. The Kier molecular flexibility index (Phi) is 4.79. The molecule has 0 amide bonds. The van der Waals surface area contributed by atoms with E-state index in [2.05, 4.69) is 21.2 Å². The molecule has 0 aromatic heterocycles. The zero-order valence-electron chi connectivity index (χ0n) is 11.3. The summed E-state index contributed by atoms with van der Waals surface area (Å²) in [5, 5.41) is 22.8. The lowest BCUT2D eigenvalue weighted by atomic mass is 10.1. The lowest BCUT2D eigenvalue weighted by Gasteiger charge is -2.14. The van der Waals surface area contributed by atoms with Crippen LogP contribution in [0.3, 0.4) is 0 Å². The Labute approximate surface area is 129 Å². The van der Waals surface area contributed by atoms with Crippen molar-refractivity contribution in [2.75, 3.05) is 11.9 Å². The third kappa shape index (κ3) is 3.70. The van der Waals surface area contributed by atoms with Crippen molar-refractivity contribution in [1.82, 2.24) is 0 Å². The number of nitro groups is 1. The molecule has 0 aliphatic carbocycles. The lowest BCUT2D eigenvalue weighted by Crippen LogP contribution is -2.24. The van der Waals surface area contributed by atoms with Crippen LogP contribution in [0.4, 0.5) is 11.4 Å². The summed E-state index contributed by atoms with van der Waals surface area (Å²) < 4.78 is 5.98. The van der Waals surface area contributed by atoms with Gasteiger partial charge in [0.05, 0.1) is 11.0 Å². The Bertz CT molecular complexity index is 578. The van der Waals surface area contributed by atoms with E-state index in [1.807, 2.05) is 0 Å². The molecular weight excluding hydrogens is 344 g/mol. The molecular formula is C13H15BrN2O5. The minimum Gasteiger partial charge on any atom is -0.479 e. The average molecular weight is 359 g/mol. The Balaban J connectivity index is 2.00. The second kappa shape index (κ2) is 6.40. The summed E-state index contributed by atoms with van der Waals surface area (Å²) in [5.74, 6) is -0.940. The molecule has 0 saturated carbocycles. The number of halogens is 1. The molecule has 0 bridgehead atoms. The fourth-order valence-corrected chi connectivity index (χ4v) is 2.74. The van der Waals surface area contributed by atoms with Crippen LogP contribution in [-0.2, 0) is 9.53 Å². The van der Waals surface area contributed by atoms with Crippen molar-refractivity contribution in [3.05, 3.63) is 32.3 Å². The second-order valence-corrected chi connectivity index (χ2v) is 5.77. The third-order valence-corrected chi connectivity index (χ3v) is 4.04. The summed E-state index contributed by atoms with van der Waals surface area (Å²) in [7, 11) is 0. The third-order valence-electron chi connectivity index (χ3n) is 3.39. The first kappa shape index (κ1) is 15.7. The highest BCUT2D eigenvalue weighted by molar-refractivity contribution is 9.10. The normalized spacial score (nSPS) is 21.2. The van der Waals surface area contributed by atoms with Gasteiger partial charge >= 0.3 is 5.97 Å². The van der Waals surface area contributed by atoms with Crippen molar-refractivity contribution in [3.8, 4) is 0 Å². The van der Waals surface area contributed by atoms with E-state index < -0.39 is 17.0 Å². The van der Waals surface area contributed by atoms with E-state index in [0.717, 1.165) is 5.69 Å². The van der Waals surface area contributed by atoms with Gasteiger partial charge in [-0.1, -0.05) is 0 Å². The smallest absolute Gasteiger partial charge is 0.332 e. The summed E-state index contributed by atoms with van der Waals surface area (Å²) in [5.41, 5.74) is 1.33. The van der Waals surface area contributed by atoms with Crippen molar-refractivity contribution in [2.24, 2.45) is 0 Å². The molecule has 8 heteroatoms. The SMILES string of the molecule is Cc1cc(NCC2CCC(C(=O)O)O2)c(Br)cc1[N+](=O)[O-]. The van der Waals surface area contributed by atoms with Crippen LogP contribution in [0.15, 0.2) is 16.6 Å². The number of hydrogen-bond acceptors (Lipinski definition) is 5. The van der Waals surface area contributed by atoms with Gasteiger partial charge in [-0.15, -0.1) is 0 Å². The fourth-order valence-electron chi connectivity index (χ4n) is 2.26. The monoisotopic (exact) mass is 358 g/mol. The molecule has 1 aromatic carbocycles. The number of benzene rings is 1. The molecule has 21 heavy (non-hydrogen) atoms. The van der Waals surface area contributed by atoms with Gasteiger partial charge in [0.1, 0.15) is 0 Å². The summed E-state index contributed by atoms with van der Waals surface area (Å²) in [6, 6.07) is 3.14. The van der Waals surface area contributed by atoms with E-state index in [-0.39, 0.29) is 11.8 Å². The van der Waals surface area contributed by atoms with Crippen LogP contribution >= 0.6 is 15.9 Å². The van der Waals surface area contributed by atoms with Crippen LogP contribution in [0, 0.1) is 17.0 Å². The molecule has 114 valence electrons. The largest absolute Gasteiger partial charge is 0.479 e. The molecule has 2 N–H and O–H groups in total. The van der Waals surface area contributed by atoms with E-state index in [1.54, 1.807) is 13.0 Å². The van der Waals surface area contributed by atoms with E-state index >= 15 is 0 Å². The highest BCUT2D eigenvalue weighted by Gasteiger charge is 2.30. The minimum absolute atomic E-state index is 0.0514. The van der Waals surface area contributed by atoms with E-state index in [4.69, 9.17) is 9.84 Å². The van der Waals surface area contributed by atoms with Crippen molar-refractivity contribution in [1.29, 1.82) is 0 Å². The number of aryl methyl sites for hydroxylation is 1. The molecule has 1 aliphatic heterocycles. The topological polar surface area (TPSA) is 102 Å². The fraction of sp³-hybridized carbons (Fsp3) is 0.462. The van der Waals surface area contributed by atoms with Gasteiger partial charge in [0, 0.05) is 28.3 Å². The summed E-state index contributed by atoms with van der Waals surface area (Å²) in [4.78, 5) is 21.2. The number of rotatable bonds is 5. The Morgan fingerprint density at radius 2 is 2.29 bits per heavy atom. The Hall–Kier alpha value is -1.67. The van der Waals surface area contributed by atoms with Crippen LogP contribution in [-0.4, -0.2) is 34.8 Å². The second-order valence-electron chi connectivity index (χ2n) is 4.92. The molecule has 1 aliphatic rings. The zero-order chi connectivity index (χ0) is 15.6. The summed E-state index contributed by atoms with van der Waals surface area (Å²) in [6.45, 7) is 2.13. The molecule has 1 aromatic rings. The van der Waals surface area contributed by atoms with Gasteiger partial charge in [-0.05, 0) is 41.8 Å². The maximum atomic E-state index is 10.8. The van der Waals surface area contributed by atoms with Gasteiger partial charge in [-0.2, -0.15) is 0 Å². The highest BCUT2D eigenvalue weighted by atomic mass is 79.9. The molecule has 0 spiro atoms. The average Bonchev–Trinajstić information content (AvgIpc) is 2.88. The maximum absolute atomic E-state index is 10.8. The van der Waals surface area contributed by atoms with Crippen LogP contribution in [0.1, 0.15) is 18.4 Å². The van der Waals surface area contributed by atoms with Crippen molar-refractivity contribution in [2.45, 2.75) is 32.0 Å². The standard InChI is InChI=1S/C13H15BrN2O5/c1-7-4-10(9(14)5-11(7)16(19)20)15-6-8-2-3-12(21-8)13(17)18/h4-5,8,12,15H,2-3,6H2,1H3,(H,17,18). The molecule has 1 saturated heterocycles. The first-order valence-corrected chi connectivity index (χ1v) is 7.24. The van der Waals surface area contributed by atoms with E-state index in [1.165, 1.54) is 6.07 Å². The van der Waals surface area contributed by atoms with Crippen LogP contribution in [0.2, 0.25) is 0 Å². The number of ether oxygens (including phenoxy) is 1. The van der Waals surface area contributed by atoms with Gasteiger partial charge in [0.25, 0.3) is 5.69 Å². The highest BCUT2D eigenvalue weighted by Crippen LogP contribution is 2.31.